The molecule has 0 radical (unpaired) electrons. The number of nitrogens with one attached hydrogen (secondary N) is 1. The van der Waals surface area contributed by atoms with Crippen LogP contribution in [0.2, 0.25) is 0 Å². The average Bonchev–Trinajstić information content (AvgIpc) is 3.23. The highest BCUT2D eigenvalue weighted by Gasteiger charge is 2.18. The van der Waals surface area contributed by atoms with Crippen molar-refractivity contribution >= 4 is 16.9 Å². The zero-order chi connectivity index (χ0) is 23.8. The molecule has 4 aromatic rings. The van der Waals surface area contributed by atoms with Crippen molar-refractivity contribution in [3.05, 3.63) is 90.3 Å². The van der Waals surface area contributed by atoms with Crippen molar-refractivity contribution in [1.29, 1.82) is 0 Å². The Bertz CT molecular complexity index is 1200. The number of hydrogen-bond donors (Lipinski definition) is 1. The SMILES string of the molecule is Cc1ccc(OCCCCn2c(C(C)NC(=O)COc3ccccc3)nc3ccccc32)cc1. The first-order valence-electron chi connectivity index (χ1n) is 11.7. The molecule has 1 unspecified atom stereocenters. The first-order valence-corrected chi connectivity index (χ1v) is 11.7. The first kappa shape index (κ1) is 23.4. The third kappa shape index (κ3) is 6.16. The Labute approximate surface area is 200 Å². The lowest BCUT2D eigenvalue weighted by Gasteiger charge is -2.17. The van der Waals surface area contributed by atoms with Crippen LogP contribution >= 0.6 is 0 Å². The van der Waals surface area contributed by atoms with Crippen LogP contribution in [0.15, 0.2) is 78.9 Å². The first-order chi connectivity index (χ1) is 16.6. The minimum Gasteiger partial charge on any atom is -0.494 e. The normalized spacial score (nSPS) is 11.8. The number of rotatable bonds is 11. The maximum atomic E-state index is 12.5. The Morgan fingerprint density at radius 3 is 2.41 bits per heavy atom. The van der Waals surface area contributed by atoms with Crippen LogP contribution in [0.5, 0.6) is 11.5 Å². The van der Waals surface area contributed by atoms with Crippen molar-refractivity contribution in [2.45, 2.75) is 39.3 Å². The molecule has 0 saturated carbocycles. The van der Waals surface area contributed by atoms with Crippen LogP contribution in [0.4, 0.5) is 0 Å². The molecule has 0 saturated heterocycles. The highest BCUT2D eigenvalue weighted by atomic mass is 16.5. The Hall–Kier alpha value is -3.80. The van der Waals surface area contributed by atoms with E-state index in [0.717, 1.165) is 42.0 Å². The molecule has 1 atom stereocenters. The molecule has 0 aliphatic heterocycles. The number of ether oxygens (including phenoxy) is 2. The third-order valence-electron chi connectivity index (χ3n) is 5.63. The predicted molar refractivity (Wildman–Crippen MR) is 134 cm³/mol. The van der Waals surface area contributed by atoms with E-state index < -0.39 is 0 Å². The maximum Gasteiger partial charge on any atom is 0.258 e. The molecule has 0 aliphatic carbocycles. The Morgan fingerprint density at radius 2 is 1.62 bits per heavy atom. The van der Waals surface area contributed by atoms with Crippen LogP contribution in [0, 0.1) is 6.92 Å². The molecule has 6 heteroatoms. The van der Waals surface area contributed by atoms with Gasteiger partial charge in [0.2, 0.25) is 0 Å². The highest BCUT2D eigenvalue weighted by Crippen LogP contribution is 2.22. The van der Waals surface area contributed by atoms with Crippen LogP contribution in [-0.4, -0.2) is 28.7 Å². The molecule has 1 N–H and O–H groups in total. The molecule has 176 valence electrons. The van der Waals surface area contributed by atoms with Gasteiger partial charge in [0.05, 0.1) is 23.7 Å². The summed E-state index contributed by atoms with van der Waals surface area (Å²) in [5.74, 6) is 2.23. The van der Waals surface area contributed by atoms with Gasteiger partial charge >= 0.3 is 0 Å². The lowest BCUT2D eigenvalue weighted by molar-refractivity contribution is -0.123. The fourth-order valence-electron chi connectivity index (χ4n) is 3.87. The minimum absolute atomic E-state index is 0.0368. The number of nitrogens with zero attached hydrogens (tertiary/aromatic N) is 2. The van der Waals surface area contributed by atoms with Gasteiger partial charge in [0.1, 0.15) is 17.3 Å². The lowest BCUT2D eigenvalue weighted by Crippen LogP contribution is -2.32. The summed E-state index contributed by atoms with van der Waals surface area (Å²) in [4.78, 5) is 17.3. The summed E-state index contributed by atoms with van der Waals surface area (Å²) >= 11 is 0. The number of carbonyl (C=O) groups excluding carboxylic acids is 1. The van der Waals surface area contributed by atoms with Crippen molar-refractivity contribution < 1.29 is 14.3 Å². The van der Waals surface area contributed by atoms with Crippen LogP contribution < -0.4 is 14.8 Å². The molecule has 4 rings (SSSR count). The van der Waals surface area contributed by atoms with Crippen molar-refractivity contribution in [3.63, 3.8) is 0 Å². The molecule has 3 aromatic carbocycles. The van der Waals surface area contributed by atoms with Crippen molar-refractivity contribution in [3.8, 4) is 11.5 Å². The Kier molecular flexibility index (Phi) is 7.81. The molecule has 34 heavy (non-hydrogen) atoms. The van der Waals surface area contributed by atoms with E-state index in [1.165, 1.54) is 5.56 Å². The summed E-state index contributed by atoms with van der Waals surface area (Å²) in [5.41, 5.74) is 3.22. The number of carbonyl (C=O) groups is 1. The maximum absolute atomic E-state index is 12.5. The van der Waals surface area contributed by atoms with E-state index >= 15 is 0 Å². The molecule has 6 nitrogen and oxygen atoms in total. The van der Waals surface area contributed by atoms with E-state index in [1.54, 1.807) is 0 Å². The smallest absolute Gasteiger partial charge is 0.258 e. The number of aromatic nitrogens is 2. The summed E-state index contributed by atoms with van der Waals surface area (Å²) in [7, 11) is 0. The van der Waals surface area contributed by atoms with Gasteiger partial charge in [-0.15, -0.1) is 0 Å². The number of para-hydroxylation sites is 3. The van der Waals surface area contributed by atoms with E-state index in [2.05, 4.69) is 35.0 Å². The summed E-state index contributed by atoms with van der Waals surface area (Å²) in [6, 6.07) is 25.3. The van der Waals surface area contributed by atoms with Gasteiger partial charge in [-0.2, -0.15) is 0 Å². The van der Waals surface area contributed by atoms with Crippen LogP contribution in [0.25, 0.3) is 11.0 Å². The molecule has 0 aliphatic rings. The second-order valence-electron chi connectivity index (χ2n) is 8.37. The molecule has 1 aromatic heterocycles. The zero-order valence-corrected chi connectivity index (χ0v) is 19.7. The summed E-state index contributed by atoms with van der Waals surface area (Å²) in [6.45, 7) is 5.45. The van der Waals surface area contributed by atoms with Crippen molar-refractivity contribution in [1.82, 2.24) is 14.9 Å². The van der Waals surface area contributed by atoms with E-state index in [9.17, 15) is 4.79 Å². The highest BCUT2D eigenvalue weighted by molar-refractivity contribution is 5.79. The lowest BCUT2D eigenvalue weighted by atomic mass is 10.2. The fourth-order valence-corrected chi connectivity index (χ4v) is 3.87. The van der Waals surface area contributed by atoms with Gasteiger partial charge in [0, 0.05) is 6.54 Å². The molecule has 0 fully saturated rings. The number of amides is 1. The Balaban J connectivity index is 1.35. The fraction of sp³-hybridized carbons (Fsp3) is 0.286. The summed E-state index contributed by atoms with van der Waals surface area (Å²) in [5, 5.41) is 3.02. The number of fused-ring (bicyclic) bond motifs is 1. The van der Waals surface area contributed by atoms with Gasteiger partial charge in [-0.1, -0.05) is 48.0 Å². The molecule has 0 bridgehead atoms. The van der Waals surface area contributed by atoms with Gasteiger partial charge in [0.15, 0.2) is 6.61 Å². The van der Waals surface area contributed by atoms with Crippen LogP contribution in [0.3, 0.4) is 0 Å². The zero-order valence-electron chi connectivity index (χ0n) is 19.7. The minimum atomic E-state index is -0.247. The monoisotopic (exact) mass is 457 g/mol. The van der Waals surface area contributed by atoms with Crippen molar-refractivity contribution in [2.24, 2.45) is 0 Å². The average molecular weight is 458 g/mol. The van der Waals surface area contributed by atoms with E-state index in [4.69, 9.17) is 14.5 Å². The standard InChI is InChI=1S/C28H31N3O3/c1-21-14-16-24(17-15-21)33-19-9-8-18-31-26-13-7-6-12-25(26)30-28(31)22(2)29-27(32)20-34-23-10-4-3-5-11-23/h3-7,10-17,22H,8-9,18-20H2,1-2H3,(H,29,32). The van der Waals surface area contributed by atoms with Gasteiger partial charge in [-0.05, 0) is 63.1 Å². The number of imidazole rings is 1. The van der Waals surface area contributed by atoms with Crippen LogP contribution in [0.1, 0.15) is 37.2 Å². The van der Waals surface area contributed by atoms with Gasteiger partial charge in [-0.3, -0.25) is 4.79 Å². The predicted octanol–water partition coefficient (Wildman–Crippen LogP) is 5.46. The van der Waals surface area contributed by atoms with Crippen molar-refractivity contribution in [2.75, 3.05) is 13.2 Å². The van der Waals surface area contributed by atoms with E-state index in [0.29, 0.717) is 12.4 Å². The molecule has 1 heterocycles. The molecule has 1 amide bonds. The number of aryl methyl sites for hydroxylation is 2. The molecule has 0 spiro atoms. The van der Waals surface area contributed by atoms with E-state index in [1.807, 2.05) is 67.6 Å². The van der Waals surface area contributed by atoms with Gasteiger partial charge < -0.3 is 19.4 Å². The second kappa shape index (κ2) is 11.4. The molecular weight excluding hydrogens is 426 g/mol. The topological polar surface area (TPSA) is 65.4 Å². The van der Waals surface area contributed by atoms with Gasteiger partial charge in [-0.25, -0.2) is 4.98 Å². The summed E-state index contributed by atoms with van der Waals surface area (Å²) in [6.07, 6.45) is 1.86. The number of unbranched alkanes of at least 4 members (excludes halogenated alkanes) is 1. The van der Waals surface area contributed by atoms with E-state index in [-0.39, 0.29) is 18.6 Å². The van der Waals surface area contributed by atoms with Crippen LogP contribution in [-0.2, 0) is 11.3 Å². The quantitative estimate of drug-likeness (QED) is 0.304. The second-order valence-corrected chi connectivity index (χ2v) is 8.37. The third-order valence-corrected chi connectivity index (χ3v) is 5.63. The largest absolute Gasteiger partial charge is 0.494 e. The van der Waals surface area contributed by atoms with Gasteiger partial charge in [0.25, 0.3) is 5.91 Å². The number of benzene rings is 3. The number of hydrogen-bond acceptors (Lipinski definition) is 4. The summed E-state index contributed by atoms with van der Waals surface area (Å²) < 4.78 is 13.6. The Morgan fingerprint density at radius 1 is 0.912 bits per heavy atom. The molecular formula is C28H31N3O3.